The fourth-order valence-corrected chi connectivity index (χ4v) is 1.67. The molecule has 0 unspecified atom stereocenters. The summed E-state index contributed by atoms with van der Waals surface area (Å²) in [5.74, 6) is -0.440. The Morgan fingerprint density at radius 2 is 2.18 bits per heavy atom. The summed E-state index contributed by atoms with van der Waals surface area (Å²) in [5, 5.41) is 11.6. The van der Waals surface area contributed by atoms with Crippen molar-refractivity contribution in [3.05, 3.63) is 33.2 Å². The Balaban J connectivity index is 3.01. The fourth-order valence-electron chi connectivity index (χ4n) is 1.67. The smallest absolute Gasteiger partial charge is 0.261 e. The van der Waals surface area contributed by atoms with Crippen LogP contribution in [0.4, 0.5) is 0 Å². The molecule has 94 valence electrons. The zero-order chi connectivity index (χ0) is 13.0. The molecule has 1 aromatic heterocycles. The van der Waals surface area contributed by atoms with Crippen LogP contribution in [0.5, 0.6) is 0 Å². The lowest BCUT2D eigenvalue weighted by Crippen LogP contribution is -2.40. The number of pyridine rings is 1. The van der Waals surface area contributed by atoms with E-state index in [1.165, 1.54) is 0 Å². The summed E-state index contributed by atoms with van der Waals surface area (Å²) in [4.78, 5) is 26.2. The maximum Gasteiger partial charge on any atom is 0.261 e. The molecule has 1 heterocycles. The molecule has 5 nitrogen and oxygen atoms in total. The Morgan fingerprint density at radius 1 is 1.53 bits per heavy atom. The van der Waals surface area contributed by atoms with E-state index in [1.54, 1.807) is 19.9 Å². The number of amides is 1. The number of rotatable bonds is 4. The lowest BCUT2D eigenvalue weighted by Gasteiger charge is -2.14. The van der Waals surface area contributed by atoms with Crippen molar-refractivity contribution in [3.8, 4) is 0 Å². The maximum absolute atomic E-state index is 11.9. The van der Waals surface area contributed by atoms with E-state index in [2.05, 4.69) is 10.3 Å². The van der Waals surface area contributed by atoms with Crippen molar-refractivity contribution in [2.45, 2.75) is 33.2 Å². The van der Waals surface area contributed by atoms with E-state index in [0.29, 0.717) is 12.0 Å². The second kappa shape index (κ2) is 5.63. The summed E-state index contributed by atoms with van der Waals surface area (Å²) in [6.07, 6.45) is 0.616. The van der Waals surface area contributed by atoms with Gasteiger partial charge in [0, 0.05) is 5.69 Å². The van der Waals surface area contributed by atoms with Crippen molar-refractivity contribution < 1.29 is 9.90 Å². The van der Waals surface area contributed by atoms with Gasteiger partial charge >= 0.3 is 0 Å². The summed E-state index contributed by atoms with van der Waals surface area (Å²) in [6.45, 7) is 5.20. The van der Waals surface area contributed by atoms with Gasteiger partial charge in [0.05, 0.1) is 12.6 Å². The van der Waals surface area contributed by atoms with Gasteiger partial charge in [0.25, 0.3) is 11.5 Å². The normalized spacial score (nSPS) is 12.2. The molecule has 3 N–H and O–H groups in total. The monoisotopic (exact) mass is 238 g/mol. The van der Waals surface area contributed by atoms with E-state index >= 15 is 0 Å². The predicted molar refractivity (Wildman–Crippen MR) is 65.2 cm³/mol. The molecule has 0 aliphatic carbocycles. The molecule has 0 spiro atoms. The first-order valence-electron chi connectivity index (χ1n) is 5.61. The van der Waals surface area contributed by atoms with Crippen LogP contribution < -0.4 is 10.9 Å². The highest BCUT2D eigenvalue weighted by molar-refractivity contribution is 5.95. The Morgan fingerprint density at radius 3 is 2.65 bits per heavy atom. The number of hydrogen-bond donors (Lipinski definition) is 3. The van der Waals surface area contributed by atoms with E-state index in [4.69, 9.17) is 5.11 Å². The number of aromatic amines is 1. The number of aromatic nitrogens is 1. The number of H-pyrrole nitrogens is 1. The van der Waals surface area contributed by atoms with E-state index < -0.39 is 11.5 Å². The molecule has 0 aliphatic rings. The third-order valence-corrected chi connectivity index (χ3v) is 2.64. The quantitative estimate of drug-likeness (QED) is 0.714. The summed E-state index contributed by atoms with van der Waals surface area (Å²) in [7, 11) is 0. The summed E-state index contributed by atoms with van der Waals surface area (Å²) in [5.41, 5.74) is 1.07. The van der Waals surface area contributed by atoms with Crippen LogP contribution in [0.15, 0.2) is 10.9 Å². The van der Waals surface area contributed by atoms with Crippen LogP contribution in [0.25, 0.3) is 0 Å². The van der Waals surface area contributed by atoms with Crippen molar-refractivity contribution in [1.29, 1.82) is 0 Å². The first kappa shape index (κ1) is 13.4. The van der Waals surface area contributed by atoms with Gasteiger partial charge in [-0.25, -0.2) is 0 Å². The molecule has 5 heteroatoms. The molecular formula is C12H18N2O3. The van der Waals surface area contributed by atoms with Gasteiger partial charge in [-0.15, -0.1) is 0 Å². The van der Waals surface area contributed by atoms with Gasteiger partial charge in [-0.05, 0) is 31.9 Å². The molecule has 0 fully saturated rings. The first-order valence-corrected chi connectivity index (χ1v) is 5.61. The van der Waals surface area contributed by atoms with Crippen LogP contribution in [0.3, 0.4) is 0 Å². The lowest BCUT2D eigenvalue weighted by atomic mass is 10.1. The van der Waals surface area contributed by atoms with E-state index in [9.17, 15) is 9.59 Å². The highest BCUT2D eigenvalue weighted by Crippen LogP contribution is 2.04. The molecule has 0 saturated carbocycles. The van der Waals surface area contributed by atoms with Gasteiger partial charge in [-0.1, -0.05) is 6.92 Å². The van der Waals surface area contributed by atoms with E-state index in [0.717, 1.165) is 5.69 Å². The minimum absolute atomic E-state index is 0.113. The van der Waals surface area contributed by atoms with Crippen LogP contribution in [0, 0.1) is 13.8 Å². The van der Waals surface area contributed by atoms with Crippen molar-refractivity contribution in [2.24, 2.45) is 0 Å². The number of aryl methyl sites for hydroxylation is 2. The molecule has 1 atom stereocenters. The van der Waals surface area contributed by atoms with Gasteiger partial charge in [-0.2, -0.15) is 0 Å². The average Bonchev–Trinajstić information content (AvgIpc) is 2.24. The molecule has 1 rings (SSSR count). The van der Waals surface area contributed by atoms with Crippen molar-refractivity contribution >= 4 is 5.91 Å². The maximum atomic E-state index is 11.9. The molecule has 0 aliphatic heterocycles. The molecule has 1 aromatic rings. The van der Waals surface area contributed by atoms with Gasteiger partial charge < -0.3 is 15.4 Å². The number of hydrogen-bond acceptors (Lipinski definition) is 3. The third-order valence-electron chi connectivity index (χ3n) is 2.64. The number of carbonyl (C=O) groups is 1. The summed E-state index contributed by atoms with van der Waals surface area (Å²) in [6, 6.07) is 1.43. The Kier molecular flexibility index (Phi) is 4.45. The minimum atomic E-state index is -0.440. The topological polar surface area (TPSA) is 82.2 Å². The van der Waals surface area contributed by atoms with Crippen LogP contribution >= 0.6 is 0 Å². The highest BCUT2D eigenvalue weighted by Gasteiger charge is 2.16. The molecule has 1 amide bonds. The molecule has 17 heavy (non-hydrogen) atoms. The van der Waals surface area contributed by atoms with Gasteiger partial charge in [-0.3, -0.25) is 9.59 Å². The van der Waals surface area contributed by atoms with Crippen LogP contribution in [-0.4, -0.2) is 28.6 Å². The minimum Gasteiger partial charge on any atom is -0.394 e. The van der Waals surface area contributed by atoms with Crippen molar-refractivity contribution in [1.82, 2.24) is 10.3 Å². The van der Waals surface area contributed by atoms with E-state index in [-0.39, 0.29) is 18.2 Å². The Hall–Kier alpha value is -1.62. The van der Waals surface area contributed by atoms with Crippen molar-refractivity contribution in [3.63, 3.8) is 0 Å². The standard InChI is InChI=1S/C12H18N2O3/c1-4-9(6-15)14-12(17)10-7(2)5-8(3)13-11(10)16/h5,9,15H,4,6H2,1-3H3,(H,13,16)(H,14,17)/t9-/m1/s1. The molecule has 0 bridgehead atoms. The lowest BCUT2D eigenvalue weighted by molar-refractivity contribution is 0.0912. The van der Waals surface area contributed by atoms with Gasteiger partial charge in [0.1, 0.15) is 5.56 Å². The Labute approximate surface area is 99.9 Å². The first-order chi connectivity index (χ1) is 7.99. The second-order valence-corrected chi connectivity index (χ2v) is 4.10. The fraction of sp³-hybridized carbons (Fsp3) is 0.500. The number of aliphatic hydroxyl groups is 1. The highest BCUT2D eigenvalue weighted by atomic mass is 16.3. The summed E-state index contributed by atoms with van der Waals surface area (Å²) < 4.78 is 0. The number of nitrogens with one attached hydrogen (secondary N) is 2. The SMILES string of the molecule is CC[C@H](CO)NC(=O)c1c(C)cc(C)[nH]c1=O. The largest absolute Gasteiger partial charge is 0.394 e. The molecular weight excluding hydrogens is 220 g/mol. The molecule has 0 radical (unpaired) electrons. The van der Waals surface area contributed by atoms with Crippen molar-refractivity contribution in [2.75, 3.05) is 6.61 Å². The zero-order valence-electron chi connectivity index (χ0n) is 10.3. The summed E-state index contributed by atoms with van der Waals surface area (Å²) >= 11 is 0. The molecule has 0 saturated heterocycles. The second-order valence-electron chi connectivity index (χ2n) is 4.10. The average molecular weight is 238 g/mol. The van der Waals surface area contributed by atoms with Gasteiger partial charge in [0.15, 0.2) is 0 Å². The molecule has 0 aromatic carbocycles. The zero-order valence-corrected chi connectivity index (χ0v) is 10.3. The Bertz CT molecular complexity index is 461. The van der Waals surface area contributed by atoms with Crippen LogP contribution in [0.1, 0.15) is 35.0 Å². The number of carbonyl (C=O) groups excluding carboxylic acids is 1. The van der Waals surface area contributed by atoms with Crippen LogP contribution in [-0.2, 0) is 0 Å². The van der Waals surface area contributed by atoms with Gasteiger partial charge in [0.2, 0.25) is 0 Å². The van der Waals surface area contributed by atoms with Crippen LogP contribution in [0.2, 0.25) is 0 Å². The van der Waals surface area contributed by atoms with E-state index in [1.807, 2.05) is 6.92 Å². The number of aliphatic hydroxyl groups excluding tert-OH is 1. The third kappa shape index (κ3) is 3.17. The predicted octanol–water partition coefficient (Wildman–Crippen LogP) is 0.492.